The van der Waals surface area contributed by atoms with Crippen LogP contribution in [0.2, 0.25) is 0 Å². The number of carbonyl (C=O) groups is 1. The lowest BCUT2D eigenvalue weighted by Crippen LogP contribution is -2.26. The van der Waals surface area contributed by atoms with Crippen LogP contribution in [-0.4, -0.2) is 11.9 Å². The number of aryl methyl sites for hydroxylation is 1. The first-order valence-electron chi connectivity index (χ1n) is 7.30. The summed E-state index contributed by atoms with van der Waals surface area (Å²) < 4.78 is 0. The van der Waals surface area contributed by atoms with Gasteiger partial charge in [0.1, 0.15) is 0 Å². The van der Waals surface area contributed by atoms with Gasteiger partial charge >= 0.3 is 0 Å². The van der Waals surface area contributed by atoms with Gasteiger partial charge in [-0.15, -0.1) is 0 Å². The summed E-state index contributed by atoms with van der Waals surface area (Å²) in [5.41, 5.74) is 7.94. The molecule has 1 unspecified atom stereocenters. The Morgan fingerprint density at radius 3 is 2.47 bits per heavy atom. The summed E-state index contributed by atoms with van der Waals surface area (Å²) in [4.78, 5) is 11.7. The average molecular weight is 262 g/mol. The van der Waals surface area contributed by atoms with Crippen molar-refractivity contribution in [1.82, 2.24) is 0 Å². The molecular weight excluding hydrogens is 236 g/mol. The molecule has 1 amide bonds. The van der Waals surface area contributed by atoms with Crippen molar-refractivity contribution in [2.45, 2.75) is 58.4 Å². The number of carbonyl (C=O) groups excluding carboxylic acids is 1. The molecule has 0 aliphatic rings. The minimum Gasteiger partial charge on any atom is -0.327 e. The molecule has 19 heavy (non-hydrogen) atoms. The van der Waals surface area contributed by atoms with Crippen molar-refractivity contribution in [2.24, 2.45) is 5.73 Å². The lowest BCUT2D eigenvalue weighted by atomic mass is 10.1. The van der Waals surface area contributed by atoms with Gasteiger partial charge < -0.3 is 11.1 Å². The first kappa shape index (κ1) is 15.7. The molecule has 1 aromatic rings. The van der Waals surface area contributed by atoms with Gasteiger partial charge in [-0.1, -0.05) is 38.8 Å². The third-order valence-corrected chi connectivity index (χ3v) is 3.28. The Kier molecular flexibility index (Phi) is 7.19. The number of nitrogens with one attached hydrogen (secondary N) is 1. The molecule has 0 bridgehead atoms. The number of rotatable bonds is 8. The molecule has 0 radical (unpaired) electrons. The highest BCUT2D eigenvalue weighted by Crippen LogP contribution is 2.13. The second-order valence-corrected chi connectivity index (χ2v) is 5.07. The standard InChI is InChI=1S/C16H26N2O/c1-3-5-6-7-13-8-10-15(11-9-13)18-16(19)12-14(17)4-2/h8-11,14H,3-7,12,17H2,1-2H3,(H,18,19). The van der Waals surface area contributed by atoms with Crippen LogP contribution in [0, 0.1) is 0 Å². The monoisotopic (exact) mass is 262 g/mol. The van der Waals surface area contributed by atoms with Crippen molar-refractivity contribution in [2.75, 3.05) is 5.32 Å². The normalized spacial score (nSPS) is 12.2. The van der Waals surface area contributed by atoms with Crippen molar-refractivity contribution < 1.29 is 4.79 Å². The van der Waals surface area contributed by atoms with E-state index in [1.54, 1.807) is 0 Å². The van der Waals surface area contributed by atoms with Gasteiger partial charge in [-0.2, -0.15) is 0 Å². The first-order chi connectivity index (χ1) is 9.15. The molecule has 0 spiro atoms. The third-order valence-electron chi connectivity index (χ3n) is 3.28. The predicted molar refractivity (Wildman–Crippen MR) is 81.2 cm³/mol. The van der Waals surface area contributed by atoms with Crippen LogP contribution in [0.3, 0.4) is 0 Å². The van der Waals surface area contributed by atoms with E-state index in [1.807, 2.05) is 19.1 Å². The first-order valence-corrected chi connectivity index (χ1v) is 7.30. The summed E-state index contributed by atoms with van der Waals surface area (Å²) in [6.45, 7) is 4.20. The largest absolute Gasteiger partial charge is 0.327 e. The van der Waals surface area contributed by atoms with Crippen LogP contribution in [0.4, 0.5) is 5.69 Å². The maximum absolute atomic E-state index is 11.7. The van der Waals surface area contributed by atoms with E-state index in [2.05, 4.69) is 24.4 Å². The van der Waals surface area contributed by atoms with Gasteiger partial charge in [-0.05, 0) is 37.0 Å². The highest BCUT2D eigenvalue weighted by molar-refractivity contribution is 5.91. The molecule has 1 atom stereocenters. The van der Waals surface area contributed by atoms with Crippen LogP contribution >= 0.6 is 0 Å². The summed E-state index contributed by atoms with van der Waals surface area (Å²) in [6, 6.07) is 8.07. The van der Waals surface area contributed by atoms with Crippen LogP contribution in [0.25, 0.3) is 0 Å². The zero-order chi connectivity index (χ0) is 14.1. The van der Waals surface area contributed by atoms with E-state index in [-0.39, 0.29) is 11.9 Å². The molecule has 3 nitrogen and oxygen atoms in total. The van der Waals surface area contributed by atoms with Crippen molar-refractivity contribution in [1.29, 1.82) is 0 Å². The van der Waals surface area contributed by atoms with Crippen LogP contribution in [0.1, 0.15) is 51.5 Å². The van der Waals surface area contributed by atoms with Crippen molar-refractivity contribution in [3.05, 3.63) is 29.8 Å². The van der Waals surface area contributed by atoms with E-state index in [4.69, 9.17) is 5.73 Å². The number of benzene rings is 1. The van der Waals surface area contributed by atoms with Gasteiger partial charge in [-0.3, -0.25) is 4.79 Å². The van der Waals surface area contributed by atoms with E-state index >= 15 is 0 Å². The van der Waals surface area contributed by atoms with Crippen LogP contribution < -0.4 is 11.1 Å². The Bertz CT molecular complexity index is 373. The summed E-state index contributed by atoms with van der Waals surface area (Å²) in [5.74, 6) is -0.00640. The van der Waals surface area contributed by atoms with E-state index < -0.39 is 0 Å². The van der Waals surface area contributed by atoms with E-state index in [9.17, 15) is 4.79 Å². The quantitative estimate of drug-likeness (QED) is 0.705. The lowest BCUT2D eigenvalue weighted by Gasteiger charge is -2.10. The number of nitrogens with two attached hydrogens (primary N) is 1. The summed E-state index contributed by atoms with van der Waals surface area (Å²) in [5, 5.41) is 2.88. The fourth-order valence-electron chi connectivity index (χ4n) is 1.93. The summed E-state index contributed by atoms with van der Waals surface area (Å²) in [6.07, 6.45) is 6.06. The molecule has 0 saturated carbocycles. The Hall–Kier alpha value is -1.35. The minimum atomic E-state index is -0.0479. The van der Waals surface area contributed by atoms with Crippen LogP contribution in [-0.2, 0) is 11.2 Å². The zero-order valence-electron chi connectivity index (χ0n) is 12.1. The molecule has 0 aliphatic heterocycles. The smallest absolute Gasteiger partial charge is 0.225 e. The third kappa shape index (κ3) is 6.39. The molecule has 1 aromatic carbocycles. The van der Waals surface area contributed by atoms with Crippen molar-refractivity contribution in [3.63, 3.8) is 0 Å². The fourth-order valence-corrected chi connectivity index (χ4v) is 1.93. The Morgan fingerprint density at radius 1 is 1.21 bits per heavy atom. The molecule has 1 rings (SSSR count). The van der Waals surface area contributed by atoms with Crippen LogP contribution in [0.5, 0.6) is 0 Å². The lowest BCUT2D eigenvalue weighted by molar-refractivity contribution is -0.116. The number of unbranched alkanes of at least 4 members (excludes halogenated alkanes) is 2. The van der Waals surface area contributed by atoms with Gasteiger partial charge in [0.25, 0.3) is 0 Å². The Balaban J connectivity index is 2.41. The topological polar surface area (TPSA) is 55.1 Å². The van der Waals surface area contributed by atoms with Gasteiger partial charge in [0.2, 0.25) is 5.91 Å². The second kappa shape index (κ2) is 8.70. The minimum absolute atomic E-state index is 0.00640. The van der Waals surface area contributed by atoms with Gasteiger partial charge in [0.05, 0.1) is 0 Å². The van der Waals surface area contributed by atoms with Crippen LogP contribution in [0.15, 0.2) is 24.3 Å². The van der Waals surface area contributed by atoms with Crippen molar-refractivity contribution in [3.8, 4) is 0 Å². The molecule has 0 heterocycles. The maximum atomic E-state index is 11.7. The van der Waals surface area contributed by atoms with Gasteiger partial charge in [0, 0.05) is 18.2 Å². The molecule has 0 saturated heterocycles. The predicted octanol–water partition coefficient (Wildman–Crippen LogP) is 3.49. The maximum Gasteiger partial charge on any atom is 0.225 e. The molecule has 3 N–H and O–H groups in total. The molecule has 0 aromatic heterocycles. The number of anilines is 1. The fraction of sp³-hybridized carbons (Fsp3) is 0.562. The zero-order valence-corrected chi connectivity index (χ0v) is 12.1. The average Bonchev–Trinajstić information content (AvgIpc) is 2.40. The molecular formula is C16H26N2O. The highest BCUT2D eigenvalue weighted by atomic mass is 16.1. The molecule has 106 valence electrons. The van der Waals surface area contributed by atoms with Gasteiger partial charge in [-0.25, -0.2) is 0 Å². The van der Waals surface area contributed by atoms with E-state index in [0.717, 1.165) is 18.5 Å². The summed E-state index contributed by atoms with van der Waals surface area (Å²) in [7, 11) is 0. The molecule has 0 aliphatic carbocycles. The SMILES string of the molecule is CCCCCc1ccc(NC(=O)CC(N)CC)cc1. The molecule has 3 heteroatoms. The van der Waals surface area contributed by atoms with Crippen molar-refractivity contribution >= 4 is 11.6 Å². The number of hydrogen-bond donors (Lipinski definition) is 2. The Morgan fingerprint density at radius 2 is 1.89 bits per heavy atom. The Labute approximate surface area is 116 Å². The summed E-state index contributed by atoms with van der Waals surface area (Å²) >= 11 is 0. The van der Waals surface area contributed by atoms with Gasteiger partial charge in [0.15, 0.2) is 0 Å². The van der Waals surface area contributed by atoms with E-state index in [1.165, 1.54) is 24.8 Å². The van der Waals surface area contributed by atoms with E-state index in [0.29, 0.717) is 6.42 Å². The highest BCUT2D eigenvalue weighted by Gasteiger charge is 2.07. The second-order valence-electron chi connectivity index (χ2n) is 5.07. The number of amides is 1. The molecule has 0 fully saturated rings. The number of hydrogen-bond acceptors (Lipinski definition) is 2.